The van der Waals surface area contributed by atoms with E-state index in [1.54, 1.807) is 0 Å². The van der Waals surface area contributed by atoms with E-state index in [4.69, 9.17) is 14.9 Å². The third kappa shape index (κ3) is 5.21. The van der Waals surface area contributed by atoms with Crippen molar-refractivity contribution >= 4 is 0 Å². The number of rotatable bonds is 8. The van der Waals surface area contributed by atoms with E-state index in [2.05, 4.69) is 0 Å². The minimum Gasteiger partial charge on any atom is -0.489 e. The van der Waals surface area contributed by atoms with Crippen molar-refractivity contribution in [3.05, 3.63) is 65.7 Å². The SMILES string of the molecule is OCC(CO)CCc1ccc(OCc2ccccc2)cc1. The number of aliphatic hydroxyl groups is 2. The van der Waals surface area contributed by atoms with Gasteiger partial charge in [-0.3, -0.25) is 0 Å². The Morgan fingerprint density at radius 3 is 2.10 bits per heavy atom. The van der Waals surface area contributed by atoms with Gasteiger partial charge in [-0.1, -0.05) is 42.5 Å². The first-order valence-corrected chi connectivity index (χ1v) is 7.29. The summed E-state index contributed by atoms with van der Waals surface area (Å²) in [6.07, 6.45) is 1.64. The average Bonchev–Trinajstić information content (AvgIpc) is 2.56. The molecule has 0 aliphatic carbocycles. The standard InChI is InChI=1S/C18H22O3/c19-12-17(13-20)7-6-15-8-10-18(11-9-15)21-14-16-4-2-1-3-5-16/h1-5,8-11,17,19-20H,6-7,12-14H2. The van der Waals surface area contributed by atoms with Gasteiger partial charge in [0.05, 0.1) is 0 Å². The summed E-state index contributed by atoms with van der Waals surface area (Å²) in [5, 5.41) is 18.1. The smallest absolute Gasteiger partial charge is 0.119 e. The van der Waals surface area contributed by atoms with Crippen LogP contribution in [0.15, 0.2) is 54.6 Å². The number of aryl methyl sites for hydroxylation is 1. The maximum Gasteiger partial charge on any atom is 0.119 e. The van der Waals surface area contributed by atoms with Crippen molar-refractivity contribution in [3.63, 3.8) is 0 Å². The molecule has 0 spiro atoms. The van der Waals surface area contributed by atoms with E-state index < -0.39 is 0 Å². The van der Waals surface area contributed by atoms with Gasteiger partial charge in [0.1, 0.15) is 12.4 Å². The number of aliphatic hydroxyl groups excluding tert-OH is 2. The minimum atomic E-state index is -0.0287. The van der Waals surface area contributed by atoms with Crippen molar-refractivity contribution in [2.24, 2.45) is 5.92 Å². The molecule has 0 radical (unpaired) electrons. The van der Waals surface area contributed by atoms with Crippen molar-refractivity contribution in [1.29, 1.82) is 0 Å². The Bertz CT molecular complexity index is 504. The fraction of sp³-hybridized carbons (Fsp3) is 0.333. The Balaban J connectivity index is 1.81. The summed E-state index contributed by atoms with van der Waals surface area (Å²) in [6.45, 7) is 0.640. The van der Waals surface area contributed by atoms with E-state index in [9.17, 15) is 0 Å². The molecule has 3 heteroatoms. The van der Waals surface area contributed by atoms with Gasteiger partial charge in [0.2, 0.25) is 0 Å². The highest BCUT2D eigenvalue weighted by Crippen LogP contribution is 2.16. The van der Waals surface area contributed by atoms with Crippen molar-refractivity contribution in [3.8, 4) is 5.75 Å². The monoisotopic (exact) mass is 286 g/mol. The highest BCUT2D eigenvalue weighted by atomic mass is 16.5. The van der Waals surface area contributed by atoms with Crippen LogP contribution in [0, 0.1) is 5.92 Å². The molecule has 0 fully saturated rings. The topological polar surface area (TPSA) is 49.7 Å². The molecule has 2 N–H and O–H groups in total. The highest BCUT2D eigenvalue weighted by Gasteiger charge is 2.06. The lowest BCUT2D eigenvalue weighted by Crippen LogP contribution is -2.11. The van der Waals surface area contributed by atoms with Crippen LogP contribution >= 0.6 is 0 Å². The molecule has 112 valence electrons. The zero-order chi connectivity index (χ0) is 14.9. The van der Waals surface area contributed by atoms with Crippen LogP contribution in [0.1, 0.15) is 17.5 Å². The van der Waals surface area contributed by atoms with Crippen LogP contribution in [0.25, 0.3) is 0 Å². The second kappa shape index (κ2) is 8.45. The van der Waals surface area contributed by atoms with Crippen LogP contribution in [-0.4, -0.2) is 23.4 Å². The van der Waals surface area contributed by atoms with Crippen LogP contribution in [-0.2, 0) is 13.0 Å². The van der Waals surface area contributed by atoms with Crippen LogP contribution in [0.4, 0.5) is 0 Å². The first kappa shape index (κ1) is 15.5. The summed E-state index contributed by atoms with van der Waals surface area (Å²) in [4.78, 5) is 0. The Hall–Kier alpha value is -1.84. The molecule has 0 heterocycles. The number of hydrogen-bond acceptors (Lipinski definition) is 3. The fourth-order valence-corrected chi connectivity index (χ4v) is 2.10. The molecular formula is C18H22O3. The van der Waals surface area contributed by atoms with Gasteiger partial charge in [0.15, 0.2) is 0 Å². The molecule has 2 rings (SSSR count). The Kier molecular flexibility index (Phi) is 6.25. The molecule has 0 aromatic heterocycles. The lowest BCUT2D eigenvalue weighted by Gasteiger charge is -2.11. The number of benzene rings is 2. The van der Waals surface area contributed by atoms with Gasteiger partial charge in [-0.2, -0.15) is 0 Å². The zero-order valence-electron chi connectivity index (χ0n) is 12.1. The van der Waals surface area contributed by atoms with Crippen LogP contribution in [0.5, 0.6) is 5.75 Å². The lowest BCUT2D eigenvalue weighted by atomic mass is 10.0. The Morgan fingerprint density at radius 1 is 0.810 bits per heavy atom. The highest BCUT2D eigenvalue weighted by molar-refractivity contribution is 5.28. The fourth-order valence-electron chi connectivity index (χ4n) is 2.10. The second-order valence-electron chi connectivity index (χ2n) is 5.19. The van der Waals surface area contributed by atoms with Gasteiger partial charge in [-0.15, -0.1) is 0 Å². The van der Waals surface area contributed by atoms with E-state index in [1.807, 2.05) is 54.6 Å². The molecule has 3 nitrogen and oxygen atoms in total. The molecule has 0 aliphatic heterocycles. The normalized spacial score (nSPS) is 10.8. The van der Waals surface area contributed by atoms with Crippen molar-refractivity contribution in [2.45, 2.75) is 19.4 Å². The molecule has 0 saturated carbocycles. The van der Waals surface area contributed by atoms with Crippen LogP contribution in [0.2, 0.25) is 0 Å². The molecule has 0 unspecified atom stereocenters. The van der Waals surface area contributed by atoms with Gasteiger partial charge in [-0.05, 0) is 36.1 Å². The molecule has 2 aromatic carbocycles. The molecular weight excluding hydrogens is 264 g/mol. The van der Waals surface area contributed by atoms with Gasteiger partial charge >= 0.3 is 0 Å². The predicted octanol–water partition coefficient (Wildman–Crippen LogP) is 2.80. The van der Waals surface area contributed by atoms with Crippen molar-refractivity contribution in [1.82, 2.24) is 0 Å². The minimum absolute atomic E-state index is 0.0287. The predicted molar refractivity (Wildman–Crippen MR) is 83.2 cm³/mol. The van der Waals surface area contributed by atoms with E-state index >= 15 is 0 Å². The quantitative estimate of drug-likeness (QED) is 0.784. The Morgan fingerprint density at radius 2 is 1.48 bits per heavy atom. The summed E-state index contributed by atoms with van der Waals surface area (Å²) in [6, 6.07) is 18.1. The van der Waals surface area contributed by atoms with Crippen molar-refractivity contribution in [2.75, 3.05) is 13.2 Å². The molecule has 0 aliphatic rings. The number of ether oxygens (including phenoxy) is 1. The average molecular weight is 286 g/mol. The third-order valence-corrected chi connectivity index (χ3v) is 3.53. The molecule has 21 heavy (non-hydrogen) atoms. The van der Waals surface area contributed by atoms with Crippen LogP contribution in [0.3, 0.4) is 0 Å². The van der Waals surface area contributed by atoms with E-state index in [0.717, 1.165) is 24.2 Å². The van der Waals surface area contributed by atoms with Crippen LogP contribution < -0.4 is 4.74 Å². The van der Waals surface area contributed by atoms with Gasteiger partial charge in [-0.25, -0.2) is 0 Å². The maximum absolute atomic E-state index is 9.05. The lowest BCUT2D eigenvalue weighted by molar-refractivity contribution is 0.144. The number of hydrogen-bond donors (Lipinski definition) is 2. The summed E-state index contributed by atoms with van der Waals surface area (Å²) >= 11 is 0. The van der Waals surface area contributed by atoms with E-state index in [0.29, 0.717) is 6.61 Å². The first-order valence-electron chi connectivity index (χ1n) is 7.29. The Labute approximate surface area is 125 Å². The maximum atomic E-state index is 9.05. The molecule has 0 amide bonds. The second-order valence-corrected chi connectivity index (χ2v) is 5.19. The summed E-state index contributed by atoms with van der Waals surface area (Å²) in [5.41, 5.74) is 2.34. The van der Waals surface area contributed by atoms with E-state index in [-0.39, 0.29) is 19.1 Å². The largest absolute Gasteiger partial charge is 0.489 e. The first-order chi connectivity index (χ1) is 10.3. The zero-order valence-corrected chi connectivity index (χ0v) is 12.1. The summed E-state index contributed by atoms with van der Waals surface area (Å²) in [7, 11) is 0. The van der Waals surface area contributed by atoms with Gasteiger partial charge < -0.3 is 14.9 Å². The van der Waals surface area contributed by atoms with Gasteiger partial charge in [0.25, 0.3) is 0 Å². The third-order valence-electron chi connectivity index (χ3n) is 3.53. The molecule has 0 bridgehead atoms. The van der Waals surface area contributed by atoms with E-state index in [1.165, 1.54) is 5.56 Å². The van der Waals surface area contributed by atoms with Crippen molar-refractivity contribution < 1.29 is 14.9 Å². The van der Waals surface area contributed by atoms with Gasteiger partial charge in [0, 0.05) is 19.1 Å². The molecule has 0 saturated heterocycles. The summed E-state index contributed by atoms with van der Waals surface area (Å²) < 4.78 is 5.73. The summed E-state index contributed by atoms with van der Waals surface area (Å²) in [5.74, 6) is 0.822. The molecule has 0 atom stereocenters. The molecule has 2 aromatic rings.